The normalized spacial score (nSPS) is 11.0. The summed E-state index contributed by atoms with van der Waals surface area (Å²) in [6.07, 6.45) is 0. The van der Waals surface area contributed by atoms with Crippen molar-refractivity contribution >= 4 is 16.0 Å². The number of aryl methyl sites for hydroxylation is 1. The summed E-state index contributed by atoms with van der Waals surface area (Å²) in [5.41, 5.74) is 3.11. The quantitative estimate of drug-likeness (QED) is 0.385. The summed E-state index contributed by atoms with van der Waals surface area (Å²) in [6.45, 7) is 1.85. The first-order chi connectivity index (χ1) is 9.92. The SMILES string of the molecule is Cc1ccc(S(=O)(=O)Oc2cccc(C(=O)NN)c2)cc1. The number of rotatable bonds is 4. The van der Waals surface area contributed by atoms with Crippen LogP contribution in [0.5, 0.6) is 5.75 Å². The van der Waals surface area contributed by atoms with Gasteiger partial charge in [-0.3, -0.25) is 10.2 Å². The molecular formula is C14H14N2O4S. The Morgan fingerprint density at radius 2 is 1.81 bits per heavy atom. The molecule has 0 radical (unpaired) electrons. The zero-order valence-corrected chi connectivity index (χ0v) is 12.1. The molecule has 0 fully saturated rings. The molecule has 21 heavy (non-hydrogen) atoms. The number of carbonyl (C=O) groups is 1. The molecule has 0 atom stereocenters. The molecule has 2 rings (SSSR count). The van der Waals surface area contributed by atoms with Crippen molar-refractivity contribution in [1.29, 1.82) is 0 Å². The third-order valence-corrected chi connectivity index (χ3v) is 4.00. The molecule has 0 aliphatic carbocycles. The van der Waals surface area contributed by atoms with Crippen LogP contribution in [-0.4, -0.2) is 14.3 Å². The monoisotopic (exact) mass is 306 g/mol. The molecule has 0 saturated heterocycles. The van der Waals surface area contributed by atoms with Crippen molar-refractivity contribution < 1.29 is 17.4 Å². The molecule has 0 heterocycles. The Balaban J connectivity index is 2.28. The number of amides is 1. The van der Waals surface area contributed by atoms with Gasteiger partial charge in [0.15, 0.2) is 0 Å². The van der Waals surface area contributed by atoms with Crippen molar-refractivity contribution in [3.63, 3.8) is 0 Å². The van der Waals surface area contributed by atoms with Gasteiger partial charge >= 0.3 is 10.1 Å². The zero-order valence-electron chi connectivity index (χ0n) is 11.2. The standard InChI is InChI=1S/C14H14N2O4S/c1-10-5-7-13(8-6-10)21(18,19)20-12-4-2-3-11(9-12)14(17)16-15/h2-9H,15H2,1H3,(H,16,17). The fourth-order valence-electron chi connectivity index (χ4n) is 1.65. The van der Waals surface area contributed by atoms with E-state index in [0.29, 0.717) is 0 Å². The van der Waals surface area contributed by atoms with Gasteiger partial charge in [-0.25, -0.2) is 5.84 Å². The van der Waals surface area contributed by atoms with Gasteiger partial charge in [-0.1, -0.05) is 23.8 Å². The number of nitrogens with two attached hydrogens (primary N) is 1. The van der Waals surface area contributed by atoms with Crippen molar-refractivity contribution in [3.05, 3.63) is 59.7 Å². The van der Waals surface area contributed by atoms with E-state index in [0.717, 1.165) is 5.56 Å². The van der Waals surface area contributed by atoms with E-state index >= 15 is 0 Å². The van der Waals surface area contributed by atoms with E-state index < -0.39 is 16.0 Å². The van der Waals surface area contributed by atoms with E-state index in [9.17, 15) is 13.2 Å². The molecule has 110 valence electrons. The van der Waals surface area contributed by atoms with Crippen LogP contribution in [0.1, 0.15) is 15.9 Å². The second kappa shape index (κ2) is 5.94. The minimum atomic E-state index is -3.94. The summed E-state index contributed by atoms with van der Waals surface area (Å²) in [7, 11) is -3.94. The first kappa shape index (κ1) is 15.0. The number of nitrogens with one attached hydrogen (secondary N) is 1. The molecule has 0 unspecified atom stereocenters. The lowest BCUT2D eigenvalue weighted by atomic mass is 10.2. The number of benzene rings is 2. The number of hydrogen-bond acceptors (Lipinski definition) is 5. The van der Waals surface area contributed by atoms with Crippen LogP contribution >= 0.6 is 0 Å². The lowest BCUT2D eigenvalue weighted by Crippen LogP contribution is -2.29. The Bertz CT molecular complexity index is 755. The smallest absolute Gasteiger partial charge is 0.339 e. The third kappa shape index (κ3) is 3.59. The predicted molar refractivity (Wildman–Crippen MR) is 77.1 cm³/mol. The maximum Gasteiger partial charge on any atom is 0.339 e. The summed E-state index contributed by atoms with van der Waals surface area (Å²) >= 11 is 0. The number of hydrazine groups is 1. The fourth-order valence-corrected chi connectivity index (χ4v) is 2.57. The molecule has 7 heteroatoms. The van der Waals surface area contributed by atoms with Gasteiger partial charge in [0.05, 0.1) is 0 Å². The largest absolute Gasteiger partial charge is 0.379 e. The minimum absolute atomic E-state index is 0.0386. The van der Waals surface area contributed by atoms with Gasteiger partial charge in [0, 0.05) is 5.56 Å². The van der Waals surface area contributed by atoms with Gasteiger partial charge in [-0.05, 0) is 37.3 Å². The highest BCUT2D eigenvalue weighted by Crippen LogP contribution is 2.20. The van der Waals surface area contributed by atoms with Crippen molar-refractivity contribution in [1.82, 2.24) is 5.43 Å². The van der Waals surface area contributed by atoms with E-state index in [1.54, 1.807) is 12.1 Å². The maximum absolute atomic E-state index is 12.1. The Morgan fingerprint density at radius 1 is 1.14 bits per heavy atom. The summed E-state index contributed by atoms with van der Waals surface area (Å²) < 4.78 is 29.2. The van der Waals surface area contributed by atoms with Crippen LogP contribution in [0.4, 0.5) is 0 Å². The van der Waals surface area contributed by atoms with Crippen LogP contribution < -0.4 is 15.5 Å². The van der Waals surface area contributed by atoms with Crippen LogP contribution in [0, 0.1) is 6.92 Å². The van der Waals surface area contributed by atoms with E-state index in [4.69, 9.17) is 10.0 Å². The molecule has 2 aromatic rings. The van der Waals surface area contributed by atoms with E-state index in [-0.39, 0.29) is 16.2 Å². The summed E-state index contributed by atoms with van der Waals surface area (Å²) in [4.78, 5) is 11.4. The first-order valence-corrected chi connectivity index (χ1v) is 7.45. The Kier molecular flexibility index (Phi) is 4.25. The molecule has 0 aliphatic heterocycles. The molecule has 2 aromatic carbocycles. The lowest BCUT2D eigenvalue weighted by Gasteiger charge is -2.08. The predicted octanol–water partition coefficient (Wildman–Crippen LogP) is 1.37. The summed E-state index contributed by atoms with van der Waals surface area (Å²) in [5, 5.41) is 0. The van der Waals surface area contributed by atoms with Crippen LogP contribution in [0.25, 0.3) is 0 Å². The van der Waals surface area contributed by atoms with Gasteiger partial charge < -0.3 is 4.18 Å². The average Bonchev–Trinajstić information content (AvgIpc) is 2.46. The number of nitrogen functional groups attached to an aromatic ring is 1. The third-order valence-electron chi connectivity index (χ3n) is 2.74. The molecule has 0 bridgehead atoms. The zero-order chi connectivity index (χ0) is 15.5. The van der Waals surface area contributed by atoms with Crippen molar-refractivity contribution in [2.45, 2.75) is 11.8 Å². The second-order valence-electron chi connectivity index (χ2n) is 4.35. The van der Waals surface area contributed by atoms with Gasteiger partial charge in [0.1, 0.15) is 10.6 Å². The summed E-state index contributed by atoms with van der Waals surface area (Å²) in [5.74, 6) is 4.53. The molecular weight excluding hydrogens is 292 g/mol. The highest BCUT2D eigenvalue weighted by molar-refractivity contribution is 7.87. The number of hydrogen-bond donors (Lipinski definition) is 2. The molecule has 1 amide bonds. The van der Waals surface area contributed by atoms with Gasteiger partial charge in [-0.15, -0.1) is 0 Å². The van der Waals surface area contributed by atoms with Crippen LogP contribution in [-0.2, 0) is 10.1 Å². The lowest BCUT2D eigenvalue weighted by molar-refractivity contribution is 0.0953. The van der Waals surface area contributed by atoms with E-state index in [2.05, 4.69) is 0 Å². The molecule has 6 nitrogen and oxygen atoms in total. The first-order valence-electron chi connectivity index (χ1n) is 6.04. The molecule has 0 spiro atoms. The molecule has 0 aliphatic rings. The van der Waals surface area contributed by atoms with Gasteiger partial charge in [0.25, 0.3) is 5.91 Å². The van der Waals surface area contributed by atoms with Gasteiger partial charge in [-0.2, -0.15) is 8.42 Å². The maximum atomic E-state index is 12.1. The van der Waals surface area contributed by atoms with Crippen LogP contribution in [0.15, 0.2) is 53.4 Å². The minimum Gasteiger partial charge on any atom is -0.379 e. The Morgan fingerprint density at radius 3 is 2.43 bits per heavy atom. The Hall–Kier alpha value is -2.38. The van der Waals surface area contributed by atoms with Crippen molar-refractivity contribution in [2.24, 2.45) is 5.84 Å². The van der Waals surface area contributed by atoms with Gasteiger partial charge in [0.2, 0.25) is 0 Å². The summed E-state index contributed by atoms with van der Waals surface area (Å²) in [6, 6.07) is 12.0. The molecule has 3 N–H and O–H groups in total. The van der Waals surface area contributed by atoms with E-state index in [1.807, 2.05) is 12.3 Å². The second-order valence-corrected chi connectivity index (χ2v) is 5.90. The number of carbonyl (C=O) groups excluding carboxylic acids is 1. The topological polar surface area (TPSA) is 98.5 Å². The molecule has 0 saturated carbocycles. The Labute approximate surface area is 122 Å². The van der Waals surface area contributed by atoms with E-state index in [1.165, 1.54) is 36.4 Å². The molecule has 0 aromatic heterocycles. The van der Waals surface area contributed by atoms with Crippen molar-refractivity contribution in [3.8, 4) is 5.75 Å². The average molecular weight is 306 g/mol. The fraction of sp³-hybridized carbons (Fsp3) is 0.0714. The van der Waals surface area contributed by atoms with Crippen molar-refractivity contribution in [2.75, 3.05) is 0 Å². The highest BCUT2D eigenvalue weighted by atomic mass is 32.2. The van der Waals surface area contributed by atoms with Crippen LogP contribution in [0.3, 0.4) is 0 Å². The highest BCUT2D eigenvalue weighted by Gasteiger charge is 2.17. The van der Waals surface area contributed by atoms with Crippen LogP contribution in [0.2, 0.25) is 0 Å².